The summed E-state index contributed by atoms with van der Waals surface area (Å²) in [6.45, 7) is 7.96. The molecule has 0 radical (unpaired) electrons. The van der Waals surface area contributed by atoms with Gasteiger partial charge in [0.15, 0.2) is 0 Å². The van der Waals surface area contributed by atoms with Gasteiger partial charge in [0.25, 0.3) is 5.92 Å². The number of nitrogens with zero attached hydrogens (tertiary/aromatic N) is 1. The van der Waals surface area contributed by atoms with E-state index in [4.69, 9.17) is 0 Å². The fraction of sp³-hybridized carbons (Fsp3) is 1.00. The van der Waals surface area contributed by atoms with Crippen molar-refractivity contribution in [1.29, 1.82) is 0 Å². The smallest absolute Gasteiger partial charge is 0.264 e. The molecule has 0 saturated carbocycles. The van der Waals surface area contributed by atoms with E-state index in [-0.39, 0.29) is 12.1 Å². The lowest BCUT2D eigenvalue weighted by Crippen LogP contribution is -2.40. The van der Waals surface area contributed by atoms with Crippen LogP contribution in [0.15, 0.2) is 0 Å². The van der Waals surface area contributed by atoms with Crippen LogP contribution in [0.3, 0.4) is 0 Å². The molecule has 0 aromatic carbocycles. The number of hydrogen-bond donors (Lipinski definition) is 0. The topological polar surface area (TPSA) is 3.24 Å². The Kier molecular flexibility index (Phi) is 2.19. The molecule has 1 nitrogen and oxygen atoms in total. The Morgan fingerprint density at radius 1 is 1.33 bits per heavy atom. The van der Waals surface area contributed by atoms with Gasteiger partial charge in [-0.2, -0.15) is 0 Å². The molecular weight excluding hydrogens is 160 g/mol. The standard InChI is InChI=1S/C9H17F2N/c1-7-5-12(8(2,3)4)6-9(7,10)11/h7H,5-6H2,1-4H3. The van der Waals surface area contributed by atoms with Crippen LogP contribution in [0, 0.1) is 5.92 Å². The molecule has 1 atom stereocenters. The Hall–Kier alpha value is -0.180. The third-order valence-corrected chi connectivity index (χ3v) is 2.57. The zero-order chi connectivity index (χ0) is 9.57. The van der Waals surface area contributed by atoms with Crippen LogP contribution >= 0.6 is 0 Å². The van der Waals surface area contributed by atoms with E-state index in [1.54, 1.807) is 6.92 Å². The van der Waals surface area contributed by atoms with Crippen LogP contribution in [-0.4, -0.2) is 29.5 Å². The van der Waals surface area contributed by atoms with Gasteiger partial charge in [-0.3, -0.25) is 4.90 Å². The molecule has 1 aliphatic rings. The summed E-state index contributed by atoms with van der Waals surface area (Å²) in [6.07, 6.45) is 0. The largest absolute Gasteiger partial charge is 0.292 e. The van der Waals surface area contributed by atoms with Crippen LogP contribution in [0.2, 0.25) is 0 Å². The average molecular weight is 177 g/mol. The van der Waals surface area contributed by atoms with E-state index in [1.165, 1.54) is 0 Å². The summed E-state index contributed by atoms with van der Waals surface area (Å²) in [4.78, 5) is 1.84. The first kappa shape index (κ1) is 9.90. The van der Waals surface area contributed by atoms with Gasteiger partial charge in [0.05, 0.1) is 6.54 Å². The van der Waals surface area contributed by atoms with Crippen LogP contribution < -0.4 is 0 Å². The Morgan fingerprint density at radius 2 is 1.83 bits per heavy atom. The van der Waals surface area contributed by atoms with Crippen molar-refractivity contribution in [3.63, 3.8) is 0 Å². The summed E-state index contributed by atoms with van der Waals surface area (Å²) in [5.74, 6) is -3.00. The number of likely N-dealkylation sites (tertiary alicyclic amines) is 1. The SMILES string of the molecule is CC1CN(C(C)(C)C)CC1(F)F. The maximum absolute atomic E-state index is 13.1. The Bertz CT molecular complexity index is 172. The molecule has 0 spiro atoms. The highest BCUT2D eigenvalue weighted by Crippen LogP contribution is 2.35. The van der Waals surface area contributed by atoms with Crippen LogP contribution in [0.4, 0.5) is 8.78 Å². The average Bonchev–Trinajstić information content (AvgIpc) is 2.06. The van der Waals surface area contributed by atoms with Crippen molar-refractivity contribution in [2.45, 2.75) is 39.2 Å². The van der Waals surface area contributed by atoms with E-state index >= 15 is 0 Å². The minimum absolute atomic E-state index is 0.0856. The first-order chi connectivity index (χ1) is 5.23. The first-order valence-corrected chi connectivity index (χ1v) is 4.36. The lowest BCUT2D eigenvalue weighted by molar-refractivity contribution is -0.0261. The number of halogens is 2. The van der Waals surface area contributed by atoms with Gasteiger partial charge in [-0.1, -0.05) is 6.92 Å². The normalized spacial score (nSPS) is 31.0. The van der Waals surface area contributed by atoms with Crippen molar-refractivity contribution in [1.82, 2.24) is 4.90 Å². The highest BCUT2D eigenvalue weighted by atomic mass is 19.3. The fourth-order valence-electron chi connectivity index (χ4n) is 1.45. The summed E-state index contributed by atoms with van der Waals surface area (Å²) in [7, 11) is 0. The first-order valence-electron chi connectivity index (χ1n) is 4.36. The van der Waals surface area contributed by atoms with Gasteiger partial charge in [-0.05, 0) is 20.8 Å². The molecule has 72 valence electrons. The Balaban J connectivity index is 2.67. The van der Waals surface area contributed by atoms with E-state index in [1.807, 2.05) is 25.7 Å². The molecular formula is C9H17F2N. The third kappa shape index (κ3) is 1.76. The van der Waals surface area contributed by atoms with Crippen molar-refractivity contribution in [2.75, 3.05) is 13.1 Å². The van der Waals surface area contributed by atoms with Crippen LogP contribution in [-0.2, 0) is 0 Å². The predicted molar refractivity (Wildman–Crippen MR) is 45.4 cm³/mol. The number of alkyl halides is 2. The molecule has 3 heteroatoms. The molecule has 0 aliphatic carbocycles. The highest BCUT2D eigenvalue weighted by molar-refractivity contribution is 4.93. The molecule has 1 unspecified atom stereocenters. The zero-order valence-electron chi connectivity index (χ0n) is 8.19. The molecule has 0 aromatic rings. The maximum atomic E-state index is 13.1. The monoisotopic (exact) mass is 177 g/mol. The van der Waals surface area contributed by atoms with E-state index in [2.05, 4.69) is 0 Å². The second-order valence-corrected chi connectivity index (χ2v) is 4.71. The molecule has 0 N–H and O–H groups in total. The van der Waals surface area contributed by atoms with Gasteiger partial charge in [-0.15, -0.1) is 0 Å². The fourth-order valence-corrected chi connectivity index (χ4v) is 1.45. The molecule has 12 heavy (non-hydrogen) atoms. The number of hydrogen-bond acceptors (Lipinski definition) is 1. The summed E-state index contributed by atoms with van der Waals surface area (Å²) < 4.78 is 26.2. The van der Waals surface area contributed by atoms with Gasteiger partial charge in [-0.25, -0.2) is 8.78 Å². The van der Waals surface area contributed by atoms with Gasteiger partial charge in [0, 0.05) is 18.0 Å². The summed E-state index contributed by atoms with van der Waals surface area (Å²) in [6, 6.07) is 0. The van der Waals surface area contributed by atoms with Gasteiger partial charge < -0.3 is 0 Å². The predicted octanol–water partition coefficient (Wildman–Crippen LogP) is 2.37. The molecule has 0 aromatic heterocycles. The quantitative estimate of drug-likeness (QED) is 0.549. The van der Waals surface area contributed by atoms with Crippen molar-refractivity contribution in [3.05, 3.63) is 0 Å². The molecule has 1 heterocycles. The van der Waals surface area contributed by atoms with E-state index in [0.29, 0.717) is 6.54 Å². The van der Waals surface area contributed by atoms with Crippen LogP contribution in [0.5, 0.6) is 0 Å². The third-order valence-electron chi connectivity index (χ3n) is 2.57. The molecule has 0 bridgehead atoms. The van der Waals surface area contributed by atoms with Crippen LogP contribution in [0.25, 0.3) is 0 Å². The van der Waals surface area contributed by atoms with Crippen LogP contribution in [0.1, 0.15) is 27.7 Å². The summed E-state index contributed by atoms with van der Waals surface area (Å²) in [5, 5.41) is 0. The minimum Gasteiger partial charge on any atom is -0.292 e. The lowest BCUT2D eigenvalue weighted by atomic mass is 10.1. The van der Waals surface area contributed by atoms with Crippen molar-refractivity contribution in [2.24, 2.45) is 5.92 Å². The molecule has 1 rings (SSSR count). The van der Waals surface area contributed by atoms with Gasteiger partial charge in [0.2, 0.25) is 0 Å². The zero-order valence-corrected chi connectivity index (χ0v) is 8.19. The second kappa shape index (κ2) is 2.66. The molecule has 1 saturated heterocycles. The minimum atomic E-state index is -2.49. The van der Waals surface area contributed by atoms with E-state index in [9.17, 15) is 8.78 Å². The maximum Gasteiger partial charge on any atom is 0.264 e. The van der Waals surface area contributed by atoms with Crippen molar-refractivity contribution in [3.8, 4) is 0 Å². The number of rotatable bonds is 0. The van der Waals surface area contributed by atoms with Gasteiger partial charge in [0.1, 0.15) is 0 Å². The van der Waals surface area contributed by atoms with E-state index in [0.717, 1.165) is 0 Å². The highest BCUT2D eigenvalue weighted by Gasteiger charge is 2.47. The molecule has 0 amide bonds. The van der Waals surface area contributed by atoms with Gasteiger partial charge >= 0.3 is 0 Å². The Labute approximate surface area is 72.7 Å². The molecule has 1 fully saturated rings. The molecule has 1 aliphatic heterocycles. The van der Waals surface area contributed by atoms with E-state index < -0.39 is 11.8 Å². The lowest BCUT2D eigenvalue weighted by Gasteiger charge is -2.31. The van der Waals surface area contributed by atoms with Crippen molar-refractivity contribution < 1.29 is 8.78 Å². The Morgan fingerprint density at radius 3 is 2.00 bits per heavy atom. The summed E-state index contributed by atoms with van der Waals surface area (Å²) >= 11 is 0. The second-order valence-electron chi connectivity index (χ2n) is 4.71. The summed E-state index contributed by atoms with van der Waals surface area (Å²) in [5.41, 5.74) is -0.131. The van der Waals surface area contributed by atoms with Crippen molar-refractivity contribution >= 4 is 0 Å².